The van der Waals surface area contributed by atoms with Crippen LogP contribution in [0.3, 0.4) is 0 Å². The predicted molar refractivity (Wildman–Crippen MR) is 108 cm³/mol. The Labute approximate surface area is 175 Å². The molecular weight excluding hydrogens is 392 g/mol. The van der Waals surface area contributed by atoms with Gasteiger partial charge in [0.2, 0.25) is 0 Å². The van der Waals surface area contributed by atoms with E-state index < -0.39 is 24.1 Å². The molecule has 1 heterocycles. The summed E-state index contributed by atoms with van der Waals surface area (Å²) in [5, 5.41) is 10.4. The van der Waals surface area contributed by atoms with Crippen LogP contribution >= 0.6 is 0 Å². The molecular formula is C22H26O8. The van der Waals surface area contributed by atoms with Gasteiger partial charge in [-0.25, -0.2) is 4.79 Å². The maximum Gasteiger partial charge on any atom is 0.338 e. The van der Waals surface area contributed by atoms with Crippen LogP contribution in [-0.2, 0) is 9.47 Å². The van der Waals surface area contributed by atoms with Gasteiger partial charge >= 0.3 is 5.97 Å². The third-order valence-electron chi connectivity index (χ3n) is 5.09. The Balaban J connectivity index is 1.72. The normalized spacial score (nSPS) is 20.5. The lowest BCUT2D eigenvalue weighted by atomic mass is 9.94. The molecule has 8 nitrogen and oxygen atoms in total. The number of esters is 1. The zero-order valence-corrected chi connectivity index (χ0v) is 17.4. The lowest BCUT2D eigenvalue weighted by Gasteiger charge is -2.21. The molecule has 0 aliphatic carbocycles. The summed E-state index contributed by atoms with van der Waals surface area (Å²) < 4.78 is 32.3. The fourth-order valence-corrected chi connectivity index (χ4v) is 3.44. The van der Waals surface area contributed by atoms with Gasteiger partial charge in [0, 0.05) is 0 Å². The van der Waals surface area contributed by atoms with Crippen LogP contribution in [0.4, 0.5) is 0 Å². The number of rotatable bonds is 8. The highest BCUT2D eigenvalue weighted by molar-refractivity contribution is 5.90. The number of carbonyl (C=O) groups is 1. The van der Waals surface area contributed by atoms with E-state index in [2.05, 4.69) is 0 Å². The maximum absolute atomic E-state index is 12.5. The van der Waals surface area contributed by atoms with E-state index in [1.54, 1.807) is 44.6 Å². The van der Waals surface area contributed by atoms with E-state index in [1.165, 1.54) is 14.2 Å². The molecule has 162 valence electrons. The summed E-state index contributed by atoms with van der Waals surface area (Å²) in [5.41, 5.74) is 1.13. The molecule has 8 heteroatoms. The Hall–Kier alpha value is -2.97. The Kier molecular flexibility index (Phi) is 7.02. The first-order chi connectivity index (χ1) is 14.5. The Morgan fingerprint density at radius 1 is 0.933 bits per heavy atom. The van der Waals surface area contributed by atoms with Crippen molar-refractivity contribution in [2.75, 3.05) is 41.7 Å². The number of aliphatic hydroxyl groups excluding tert-OH is 1. The molecule has 0 aromatic heterocycles. The zero-order valence-electron chi connectivity index (χ0n) is 17.4. The summed E-state index contributed by atoms with van der Waals surface area (Å²) in [6.45, 7) is 0.144. The van der Waals surface area contributed by atoms with Crippen molar-refractivity contribution in [3.05, 3.63) is 47.5 Å². The molecule has 3 rings (SSSR count). The van der Waals surface area contributed by atoms with Gasteiger partial charge in [-0.3, -0.25) is 0 Å². The van der Waals surface area contributed by atoms with Crippen molar-refractivity contribution in [2.24, 2.45) is 5.92 Å². The smallest absolute Gasteiger partial charge is 0.338 e. The molecule has 0 bridgehead atoms. The summed E-state index contributed by atoms with van der Waals surface area (Å²) in [4.78, 5) is 12.5. The van der Waals surface area contributed by atoms with Gasteiger partial charge in [0.05, 0.1) is 65.3 Å². The van der Waals surface area contributed by atoms with Crippen molar-refractivity contribution in [1.82, 2.24) is 0 Å². The molecule has 1 aliphatic rings. The van der Waals surface area contributed by atoms with Crippen molar-refractivity contribution in [3.63, 3.8) is 0 Å². The fourth-order valence-electron chi connectivity index (χ4n) is 3.44. The van der Waals surface area contributed by atoms with Crippen LogP contribution in [-0.4, -0.2) is 58.8 Å². The Morgan fingerprint density at radius 2 is 1.53 bits per heavy atom. The van der Waals surface area contributed by atoms with Crippen LogP contribution in [0.2, 0.25) is 0 Å². The average Bonchev–Trinajstić information content (AvgIpc) is 3.16. The second-order valence-electron chi connectivity index (χ2n) is 6.77. The van der Waals surface area contributed by atoms with Gasteiger partial charge < -0.3 is 33.5 Å². The summed E-state index contributed by atoms with van der Waals surface area (Å²) in [6.07, 6.45) is -1.21. The average molecular weight is 418 g/mol. The van der Waals surface area contributed by atoms with Crippen molar-refractivity contribution >= 4 is 5.97 Å². The SMILES string of the molecule is COc1ccc(C(=O)OC[C@@H]2[C@H](O)CO[C@@H]2c2ccc(OC)c(OC)c2)cc1OC. The molecule has 1 fully saturated rings. The van der Waals surface area contributed by atoms with Gasteiger partial charge in [-0.15, -0.1) is 0 Å². The second kappa shape index (κ2) is 9.69. The summed E-state index contributed by atoms with van der Waals surface area (Å²) in [6, 6.07) is 10.2. The van der Waals surface area contributed by atoms with Crippen molar-refractivity contribution in [3.8, 4) is 23.0 Å². The van der Waals surface area contributed by atoms with Crippen molar-refractivity contribution in [1.29, 1.82) is 0 Å². The zero-order chi connectivity index (χ0) is 21.7. The highest BCUT2D eigenvalue weighted by atomic mass is 16.5. The molecule has 30 heavy (non-hydrogen) atoms. The van der Waals surface area contributed by atoms with Crippen LogP contribution < -0.4 is 18.9 Å². The molecule has 0 amide bonds. The number of ether oxygens (including phenoxy) is 6. The molecule has 1 saturated heterocycles. The largest absolute Gasteiger partial charge is 0.493 e. The van der Waals surface area contributed by atoms with E-state index >= 15 is 0 Å². The summed E-state index contributed by atoms with van der Waals surface area (Å²) >= 11 is 0. The Bertz CT molecular complexity index is 881. The number of hydrogen-bond acceptors (Lipinski definition) is 8. The Morgan fingerprint density at radius 3 is 2.17 bits per heavy atom. The second-order valence-corrected chi connectivity index (χ2v) is 6.77. The summed E-state index contributed by atoms with van der Waals surface area (Å²) in [5.74, 6) is 1.15. The molecule has 1 aliphatic heterocycles. The quantitative estimate of drug-likeness (QED) is 0.654. The molecule has 1 N–H and O–H groups in total. The highest BCUT2D eigenvalue weighted by Crippen LogP contribution is 2.39. The molecule has 2 aromatic carbocycles. The van der Waals surface area contributed by atoms with Gasteiger partial charge in [0.15, 0.2) is 23.0 Å². The first-order valence-electron chi connectivity index (χ1n) is 9.43. The first-order valence-corrected chi connectivity index (χ1v) is 9.43. The minimum atomic E-state index is -0.763. The van der Waals surface area contributed by atoms with E-state index in [4.69, 9.17) is 28.4 Å². The number of benzene rings is 2. The van der Waals surface area contributed by atoms with Gasteiger partial charge in [-0.2, -0.15) is 0 Å². The first kappa shape index (κ1) is 21.7. The van der Waals surface area contributed by atoms with E-state index in [0.29, 0.717) is 28.6 Å². The van der Waals surface area contributed by atoms with Crippen molar-refractivity contribution in [2.45, 2.75) is 12.2 Å². The van der Waals surface area contributed by atoms with E-state index in [1.807, 2.05) is 6.07 Å². The minimum Gasteiger partial charge on any atom is -0.493 e. The van der Waals surface area contributed by atoms with Gasteiger partial charge in [-0.05, 0) is 35.9 Å². The van der Waals surface area contributed by atoms with E-state index in [9.17, 15) is 9.90 Å². The topological polar surface area (TPSA) is 92.7 Å². The number of methoxy groups -OCH3 is 4. The van der Waals surface area contributed by atoms with Crippen LogP contribution in [0.25, 0.3) is 0 Å². The maximum atomic E-state index is 12.5. The van der Waals surface area contributed by atoms with Gasteiger partial charge in [0.25, 0.3) is 0 Å². The minimum absolute atomic E-state index is 0.00659. The van der Waals surface area contributed by atoms with Crippen LogP contribution in [0.1, 0.15) is 22.0 Å². The van der Waals surface area contributed by atoms with Crippen LogP contribution in [0.5, 0.6) is 23.0 Å². The molecule has 2 aromatic rings. The van der Waals surface area contributed by atoms with Gasteiger partial charge in [-0.1, -0.05) is 6.07 Å². The molecule has 0 unspecified atom stereocenters. The summed E-state index contributed by atoms with van der Waals surface area (Å²) in [7, 11) is 6.12. The molecule has 0 saturated carbocycles. The van der Waals surface area contributed by atoms with Crippen molar-refractivity contribution < 1.29 is 38.3 Å². The predicted octanol–water partition coefficient (Wildman–Crippen LogP) is 2.63. The molecule has 0 spiro atoms. The number of hydrogen-bond donors (Lipinski definition) is 1. The lowest BCUT2D eigenvalue weighted by molar-refractivity contribution is 0.0235. The highest BCUT2D eigenvalue weighted by Gasteiger charge is 2.38. The monoisotopic (exact) mass is 418 g/mol. The number of carbonyl (C=O) groups excluding carboxylic acids is 1. The van der Waals surface area contributed by atoms with E-state index in [-0.39, 0.29) is 13.2 Å². The fraction of sp³-hybridized carbons (Fsp3) is 0.409. The number of aliphatic hydroxyl groups is 1. The van der Waals surface area contributed by atoms with Crippen LogP contribution in [0.15, 0.2) is 36.4 Å². The van der Waals surface area contributed by atoms with E-state index in [0.717, 1.165) is 5.56 Å². The molecule has 0 radical (unpaired) electrons. The lowest BCUT2D eigenvalue weighted by Crippen LogP contribution is -2.26. The van der Waals surface area contributed by atoms with Gasteiger partial charge in [0.1, 0.15) is 0 Å². The third-order valence-corrected chi connectivity index (χ3v) is 5.09. The molecule has 3 atom stereocenters. The van der Waals surface area contributed by atoms with Crippen LogP contribution in [0, 0.1) is 5.92 Å². The standard InChI is InChI=1S/C22H26O8/c1-25-17-7-5-13(9-19(17)27-3)21-15(16(23)12-29-21)11-30-22(24)14-6-8-18(26-2)20(10-14)28-4/h5-10,15-16,21,23H,11-12H2,1-4H3/t15-,16-,21-/m1/s1. The third kappa shape index (κ3) is 4.44.